The van der Waals surface area contributed by atoms with Crippen molar-refractivity contribution in [2.75, 3.05) is 7.05 Å². The first kappa shape index (κ1) is 16.0. The highest BCUT2D eigenvalue weighted by Gasteiger charge is 2.22. The molecule has 5 heteroatoms. The topological polar surface area (TPSA) is 20.3 Å². The largest absolute Gasteiger partial charge is 0.334 e. The van der Waals surface area contributed by atoms with Crippen LogP contribution in [0, 0.1) is 0 Å². The van der Waals surface area contributed by atoms with E-state index in [-0.39, 0.29) is 5.24 Å². The second kappa shape index (κ2) is 7.58. The lowest BCUT2D eigenvalue weighted by atomic mass is 9.95. The van der Waals surface area contributed by atoms with E-state index in [1.165, 1.54) is 31.0 Å². The van der Waals surface area contributed by atoms with Gasteiger partial charge in [0.25, 0.3) is 5.24 Å². The lowest BCUT2D eigenvalue weighted by Gasteiger charge is -2.30. The summed E-state index contributed by atoms with van der Waals surface area (Å²) in [5.74, 6) is 0.565. The third-order valence-electron chi connectivity index (χ3n) is 3.77. The quantitative estimate of drug-likeness (QED) is 0.717. The molecule has 0 N–H and O–H groups in total. The van der Waals surface area contributed by atoms with Crippen molar-refractivity contribution in [2.24, 2.45) is 0 Å². The number of rotatable bonds is 3. The Bertz CT molecular complexity index is 475. The number of thioether (sulfide) groups is 1. The van der Waals surface area contributed by atoms with E-state index >= 15 is 0 Å². The normalized spacial score (nSPS) is 16.1. The molecule has 0 unspecified atom stereocenters. The van der Waals surface area contributed by atoms with Gasteiger partial charge in [-0.2, -0.15) is 0 Å². The Morgan fingerprint density at radius 2 is 2.00 bits per heavy atom. The van der Waals surface area contributed by atoms with Gasteiger partial charge < -0.3 is 4.90 Å². The number of carbonyl (C=O) groups excluding carboxylic acids is 1. The average molecular weight is 332 g/mol. The van der Waals surface area contributed by atoms with E-state index in [0.29, 0.717) is 21.8 Å². The number of hydrogen-bond acceptors (Lipinski definition) is 2. The van der Waals surface area contributed by atoms with Crippen LogP contribution in [0.25, 0.3) is 0 Å². The maximum atomic E-state index is 12.2. The minimum absolute atomic E-state index is 0.118. The molecule has 2 rings (SSSR count). The summed E-state index contributed by atoms with van der Waals surface area (Å²) in [5, 5.41) is 1.43. The summed E-state index contributed by atoms with van der Waals surface area (Å²) in [7, 11) is 1.91. The Hall–Kier alpha value is -0.380. The molecule has 0 heterocycles. The van der Waals surface area contributed by atoms with E-state index < -0.39 is 0 Å². The van der Waals surface area contributed by atoms with Gasteiger partial charge in [0.1, 0.15) is 0 Å². The van der Waals surface area contributed by atoms with Gasteiger partial charge in [-0.15, -0.1) is 0 Å². The van der Waals surface area contributed by atoms with Crippen molar-refractivity contribution >= 4 is 40.2 Å². The summed E-state index contributed by atoms with van der Waals surface area (Å²) in [6.45, 7) is 0. The van der Waals surface area contributed by atoms with Gasteiger partial charge in [-0.1, -0.05) is 54.2 Å². The van der Waals surface area contributed by atoms with Gasteiger partial charge in [0.05, 0.1) is 0 Å². The van der Waals surface area contributed by atoms with Crippen LogP contribution >= 0.6 is 35.0 Å². The van der Waals surface area contributed by atoms with E-state index in [1.54, 1.807) is 12.1 Å². The predicted octanol–water partition coefficient (Wildman–Crippen LogP) is 5.61. The van der Waals surface area contributed by atoms with E-state index in [2.05, 4.69) is 0 Å². The van der Waals surface area contributed by atoms with Crippen molar-refractivity contribution in [1.82, 2.24) is 4.90 Å². The molecule has 1 aliphatic rings. The van der Waals surface area contributed by atoms with Gasteiger partial charge in [-0.3, -0.25) is 4.79 Å². The molecule has 0 radical (unpaired) electrons. The van der Waals surface area contributed by atoms with Gasteiger partial charge in [0, 0.05) is 28.9 Å². The molecule has 0 aromatic heterocycles. The molecule has 2 nitrogen and oxygen atoms in total. The standard InChI is InChI=1S/C15H19Cl2NOS/c1-18(13-5-3-2-4-6-13)15(19)20-10-11-9-12(16)7-8-14(11)17/h7-9,13H,2-6,10H2,1H3. The third-order valence-corrected chi connectivity index (χ3v) is 5.36. The highest BCUT2D eigenvalue weighted by Crippen LogP contribution is 2.28. The second-order valence-electron chi connectivity index (χ2n) is 5.19. The monoisotopic (exact) mass is 331 g/mol. The molecular weight excluding hydrogens is 313 g/mol. The van der Waals surface area contributed by atoms with Crippen LogP contribution in [0.4, 0.5) is 4.79 Å². The fraction of sp³-hybridized carbons (Fsp3) is 0.533. The number of halogens is 2. The summed E-state index contributed by atoms with van der Waals surface area (Å²) in [4.78, 5) is 14.1. The summed E-state index contributed by atoms with van der Waals surface area (Å²) < 4.78 is 0. The van der Waals surface area contributed by atoms with Crippen LogP contribution < -0.4 is 0 Å². The first-order chi connectivity index (χ1) is 9.58. The fourth-order valence-electron chi connectivity index (χ4n) is 2.51. The number of amides is 1. The Kier molecular flexibility index (Phi) is 6.06. The van der Waals surface area contributed by atoms with Crippen molar-refractivity contribution in [3.8, 4) is 0 Å². The lowest BCUT2D eigenvalue weighted by Crippen LogP contribution is -2.36. The van der Waals surface area contributed by atoms with Gasteiger partial charge in [-0.25, -0.2) is 0 Å². The smallest absolute Gasteiger partial charge is 0.281 e. The molecule has 1 aliphatic carbocycles. The first-order valence-electron chi connectivity index (χ1n) is 6.91. The molecule has 0 aliphatic heterocycles. The number of carbonyl (C=O) groups is 1. The van der Waals surface area contributed by atoms with E-state index in [1.807, 2.05) is 18.0 Å². The molecule has 1 fully saturated rings. The van der Waals surface area contributed by atoms with E-state index in [4.69, 9.17) is 23.2 Å². The van der Waals surface area contributed by atoms with Crippen LogP contribution in [-0.2, 0) is 5.75 Å². The summed E-state index contributed by atoms with van der Waals surface area (Å²) in [6, 6.07) is 5.76. The second-order valence-corrected chi connectivity index (χ2v) is 6.96. The van der Waals surface area contributed by atoms with Crippen LogP contribution in [0.5, 0.6) is 0 Å². The molecule has 1 aromatic rings. The summed E-state index contributed by atoms with van der Waals surface area (Å²) in [6.07, 6.45) is 6.01. The van der Waals surface area contributed by atoms with Crippen LogP contribution in [0.15, 0.2) is 18.2 Å². The third kappa shape index (κ3) is 4.31. The molecule has 110 valence electrons. The molecular formula is C15H19Cl2NOS. The molecule has 20 heavy (non-hydrogen) atoms. The molecule has 1 saturated carbocycles. The van der Waals surface area contributed by atoms with Gasteiger partial charge in [0.15, 0.2) is 0 Å². The number of hydrogen-bond donors (Lipinski definition) is 0. The van der Waals surface area contributed by atoms with Crippen LogP contribution in [0.3, 0.4) is 0 Å². The minimum atomic E-state index is 0.118. The van der Waals surface area contributed by atoms with Crippen LogP contribution in [0.2, 0.25) is 10.0 Å². The zero-order chi connectivity index (χ0) is 14.5. The van der Waals surface area contributed by atoms with Crippen molar-refractivity contribution in [2.45, 2.75) is 43.9 Å². The fourth-order valence-corrected chi connectivity index (χ4v) is 3.84. The minimum Gasteiger partial charge on any atom is -0.334 e. The average Bonchev–Trinajstić information content (AvgIpc) is 2.48. The molecule has 1 amide bonds. The van der Waals surface area contributed by atoms with Crippen molar-refractivity contribution in [3.05, 3.63) is 33.8 Å². The summed E-state index contributed by atoms with van der Waals surface area (Å²) >= 11 is 13.4. The SMILES string of the molecule is CN(C(=O)SCc1cc(Cl)ccc1Cl)C1CCCCC1. The molecule has 0 bridgehead atoms. The Morgan fingerprint density at radius 1 is 1.30 bits per heavy atom. The Balaban J connectivity index is 1.89. The Labute approximate surface area is 134 Å². The first-order valence-corrected chi connectivity index (χ1v) is 8.65. The van der Waals surface area contributed by atoms with Gasteiger partial charge >= 0.3 is 0 Å². The molecule has 0 spiro atoms. The highest BCUT2D eigenvalue weighted by atomic mass is 35.5. The number of benzene rings is 1. The zero-order valence-corrected chi connectivity index (χ0v) is 13.9. The van der Waals surface area contributed by atoms with E-state index in [9.17, 15) is 4.79 Å². The maximum absolute atomic E-state index is 12.2. The zero-order valence-electron chi connectivity index (χ0n) is 11.6. The highest BCUT2D eigenvalue weighted by molar-refractivity contribution is 8.12. The van der Waals surface area contributed by atoms with Crippen LogP contribution in [-0.4, -0.2) is 23.2 Å². The van der Waals surface area contributed by atoms with Crippen molar-refractivity contribution < 1.29 is 4.79 Å². The summed E-state index contributed by atoms with van der Waals surface area (Å²) in [5.41, 5.74) is 0.912. The number of nitrogens with zero attached hydrogens (tertiary/aromatic N) is 1. The van der Waals surface area contributed by atoms with Gasteiger partial charge in [-0.05, 0) is 36.6 Å². The maximum Gasteiger partial charge on any atom is 0.281 e. The molecule has 0 atom stereocenters. The van der Waals surface area contributed by atoms with Crippen LogP contribution in [0.1, 0.15) is 37.7 Å². The van der Waals surface area contributed by atoms with Gasteiger partial charge in [0.2, 0.25) is 0 Å². The van der Waals surface area contributed by atoms with Crippen molar-refractivity contribution in [1.29, 1.82) is 0 Å². The van der Waals surface area contributed by atoms with Crippen molar-refractivity contribution in [3.63, 3.8) is 0 Å². The Morgan fingerprint density at radius 3 is 2.70 bits per heavy atom. The lowest BCUT2D eigenvalue weighted by molar-refractivity contribution is 0.196. The predicted molar refractivity (Wildman–Crippen MR) is 87.8 cm³/mol. The molecule has 1 aromatic carbocycles. The van der Waals surface area contributed by atoms with E-state index in [0.717, 1.165) is 18.4 Å². The molecule has 0 saturated heterocycles.